The summed E-state index contributed by atoms with van der Waals surface area (Å²) in [6, 6.07) is 7.42. The SMILES string of the molecule is COc1ccc(Br)cc1/C=C(\C#N)C(N)=S. The minimum atomic E-state index is 0.0736. The first-order valence-corrected chi connectivity index (χ1v) is 5.53. The highest BCUT2D eigenvalue weighted by atomic mass is 79.9. The maximum absolute atomic E-state index is 8.85. The normalized spacial score (nSPS) is 10.7. The molecule has 5 heteroatoms. The highest BCUT2D eigenvalue weighted by molar-refractivity contribution is 9.10. The third-order valence-electron chi connectivity index (χ3n) is 1.88. The molecule has 0 amide bonds. The van der Waals surface area contributed by atoms with Gasteiger partial charge in [0, 0.05) is 10.0 Å². The van der Waals surface area contributed by atoms with Crippen molar-refractivity contribution in [2.45, 2.75) is 0 Å². The predicted molar refractivity (Wildman–Crippen MR) is 71.1 cm³/mol. The molecule has 3 nitrogen and oxygen atoms in total. The smallest absolute Gasteiger partial charge is 0.126 e. The lowest BCUT2D eigenvalue weighted by molar-refractivity contribution is 0.414. The quantitative estimate of drug-likeness (QED) is 0.529. The van der Waals surface area contributed by atoms with Crippen molar-refractivity contribution >= 4 is 39.2 Å². The minimum absolute atomic E-state index is 0.0736. The second kappa shape index (κ2) is 5.64. The second-order valence-corrected chi connectivity index (χ2v) is 4.28. The van der Waals surface area contributed by atoms with E-state index < -0.39 is 0 Å². The van der Waals surface area contributed by atoms with Crippen LogP contribution >= 0.6 is 28.1 Å². The second-order valence-electron chi connectivity index (χ2n) is 2.92. The lowest BCUT2D eigenvalue weighted by atomic mass is 10.1. The van der Waals surface area contributed by atoms with Crippen LogP contribution in [0.5, 0.6) is 5.75 Å². The molecule has 1 aromatic rings. The Hall–Kier alpha value is -1.38. The summed E-state index contributed by atoms with van der Waals surface area (Å²) >= 11 is 8.10. The van der Waals surface area contributed by atoms with Crippen molar-refractivity contribution in [3.8, 4) is 11.8 Å². The maximum atomic E-state index is 8.85. The Morgan fingerprint density at radius 1 is 1.62 bits per heavy atom. The average Bonchev–Trinajstić information content (AvgIpc) is 2.25. The third kappa shape index (κ3) is 3.05. The van der Waals surface area contributed by atoms with Crippen LogP contribution in [0, 0.1) is 11.3 Å². The number of rotatable bonds is 3. The molecular formula is C11H9BrN2OS. The molecule has 0 aliphatic rings. The molecule has 0 saturated carbocycles. The van der Waals surface area contributed by atoms with Crippen molar-refractivity contribution < 1.29 is 4.74 Å². The van der Waals surface area contributed by atoms with Gasteiger partial charge in [0.05, 0.1) is 12.7 Å². The van der Waals surface area contributed by atoms with E-state index in [9.17, 15) is 0 Å². The first-order chi connectivity index (χ1) is 7.58. The van der Waals surface area contributed by atoms with Gasteiger partial charge in [-0.3, -0.25) is 0 Å². The molecule has 0 radical (unpaired) electrons. The van der Waals surface area contributed by atoms with Crippen LogP contribution in [0.1, 0.15) is 5.56 Å². The fraction of sp³-hybridized carbons (Fsp3) is 0.0909. The monoisotopic (exact) mass is 296 g/mol. The van der Waals surface area contributed by atoms with Gasteiger partial charge in [-0.25, -0.2) is 0 Å². The molecule has 2 N–H and O–H groups in total. The van der Waals surface area contributed by atoms with Gasteiger partial charge >= 0.3 is 0 Å². The van der Waals surface area contributed by atoms with E-state index in [0.29, 0.717) is 5.75 Å². The number of hydrogen-bond donors (Lipinski definition) is 1. The Balaban J connectivity index is 3.27. The van der Waals surface area contributed by atoms with E-state index in [4.69, 9.17) is 28.0 Å². The molecular weight excluding hydrogens is 288 g/mol. The summed E-state index contributed by atoms with van der Waals surface area (Å²) in [6.07, 6.45) is 1.60. The molecule has 0 aliphatic heterocycles. The lowest BCUT2D eigenvalue weighted by Crippen LogP contribution is -2.09. The summed E-state index contributed by atoms with van der Waals surface area (Å²) in [5.41, 5.74) is 6.42. The largest absolute Gasteiger partial charge is 0.496 e. The molecule has 0 saturated heterocycles. The van der Waals surface area contributed by atoms with Gasteiger partial charge in [-0.05, 0) is 24.3 Å². The first-order valence-electron chi connectivity index (χ1n) is 4.33. The van der Waals surface area contributed by atoms with E-state index in [2.05, 4.69) is 15.9 Å². The Bertz CT molecular complexity index is 491. The number of thiocarbonyl (C=S) groups is 1. The molecule has 0 bridgehead atoms. The molecule has 0 unspecified atom stereocenters. The van der Waals surface area contributed by atoms with Gasteiger partial charge in [-0.15, -0.1) is 0 Å². The highest BCUT2D eigenvalue weighted by Crippen LogP contribution is 2.25. The Morgan fingerprint density at radius 3 is 2.81 bits per heavy atom. The maximum Gasteiger partial charge on any atom is 0.126 e. The van der Waals surface area contributed by atoms with E-state index in [-0.39, 0.29) is 10.6 Å². The first kappa shape index (κ1) is 12.7. The number of benzene rings is 1. The van der Waals surface area contributed by atoms with E-state index in [0.717, 1.165) is 10.0 Å². The molecule has 1 aromatic carbocycles. The van der Waals surface area contributed by atoms with Gasteiger partial charge in [0.1, 0.15) is 16.8 Å². The topological polar surface area (TPSA) is 59.0 Å². The van der Waals surface area contributed by atoms with E-state index in [1.165, 1.54) is 0 Å². The van der Waals surface area contributed by atoms with Gasteiger partial charge < -0.3 is 10.5 Å². The van der Waals surface area contributed by atoms with E-state index in [1.54, 1.807) is 19.3 Å². The molecule has 0 aromatic heterocycles. The zero-order valence-electron chi connectivity index (χ0n) is 8.53. The molecule has 0 heterocycles. The Labute approximate surface area is 108 Å². The fourth-order valence-electron chi connectivity index (χ4n) is 1.13. The fourth-order valence-corrected chi connectivity index (χ4v) is 1.62. The molecule has 1 rings (SSSR count). The number of nitrogens with zero attached hydrogens (tertiary/aromatic N) is 1. The summed E-state index contributed by atoms with van der Waals surface area (Å²) in [6.45, 7) is 0. The van der Waals surface area contributed by atoms with Crippen molar-refractivity contribution in [2.24, 2.45) is 5.73 Å². The minimum Gasteiger partial charge on any atom is -0.496 e. The standard InChI is InChI=1S/C11H9BrN2OS/c1-15-10-3-2-9(12)5-7(10)4-8(6-13)11(14)16/h2-5H,1H3,(H2,14,16)/b8-4+. The van der Waals surface area contributed by atoms with E-state index in [1.807, 2.05) is 18.2 Å². The van der Waals surface area contributed by atoms with Crippen LogP contribution in [0.15, 0.2) is 28.2 Å². The van der Waals surface area contributed by atoms with E-state index >= 15 is 0 Å². The average molecular weight is 297 g/mol. The molecule has 82 valence electrons. The third-order valence-corrected chi connectivity index (χ3v) is 2.59. The van der Waals surface area contributed by atoms with Gasteiger partial charge in [-0.1, -0.05) is 28.1 Å². The van der Waals surface area contributed by atoms with Crippen LogP contribution in [0.3, 0.4) is 0 Å². The van der Waals surface area contributed by atoms with Gasteiger partial charge in [0.15, 0.2) is 0 Å². The number of halogens is 1. The van der Waals surface area contributed by atoms with Gasteiger partial charge in [0.2, 0.25) is 0 Å². The van der Waals surface area contributed by atoms with Crippen LogP contribution in [0.4, 0.5) is 0 Å². The van der Waals surface area contributed by atoms with Crippen LogP contribution in [-0.4, -0.2) is 12.1 Å². The molecule has 0 fully saturated rings. The van der Waals surface area contributed by atoms with Crippen LogP contribution in [0.25, 0.3) is 6.08 Å². The van der Waals surface area contributed by atoms with Crippen LogP contribution < -0.4 is 10.5 Å². The van der Waals surface area contributed by atoms with Crippen molar-refractivity contribution in [1.29, 1.82) is 5.26 Å². The van der Waals surface area contributed by atoms with Crippen LogP contribution in [-0.2, 0) is 0 Å². The summed E-state index contributed by atoms with van der Waals surface area (Å²) in [5.74, 6) is 0.659. The summed E-state index contributed by atoms with van der Waals surface area (Å²) < 4.78 is 6.06. The lowest BCUT2D eigenvalue weighted by Gasteiger charge is -2.05. The number of methoxy groups -OCH3 is 1. The number of nitrogens with two attached hydrogens (primary N) is 1. The van der Waals surface area contributed by atoms with Crippen molar-refractivity contribution in [3.63, 3.8) is 0 Å². The Kier molecular flexibility index (Phi) is 4.47. The van der Waals surface area contributed by atoms with Crippen molar-refractivity contribution in [2.75, 3.05) is 7.11 Å². The molecule has 0 aliphatic carbocycles. The summed E-state index contributed by atoms with van der Waals surface area (Å²) in [7, 11) is 1.56. The van der Waals surface area contributed by atoms with Gasteiger partial charge in [-0.2, -0.15) is 5.26 Å². The predicted octanol–water partition coefficient (Wildman–Crippen LogP) is 2.65. The number of ether oxygens (including phenoxy) is 1. The van der Waals surface area contributed by atoms with Crippen molar-refractivity contribution in [1.82, 2.24) is 0 Å². The zero-order valence-corrected chi connectivity index (χ0v) is 10.9. The summed E-state index contributed by atoms with van der Waals surface area (Å²) in [4.78, 5) is 0.0736. The van der Waals surface area contributed by atoms with Gasteiger partial charge in [0.25, 0.3) is 0 Å². The number of nitriles is 1. The van der Waals surface area contributed by atoms with Crippen LogP contribution in [0.2, 0.25) is 0 Å². The summed E-state index contributed by atoms with van der Waals surface area (Å²) in [5, 5.41) is 8.85. The Morgan fingerprint density at radius 2 is 2.31 bits per heavy atom. The zero-order chi connectivity index (χ0) is 12.1. The van der Waals surface area contributed by atoms with Crippen molar-refractivity contribution in [3.05, 3.63) is 33.8 Å². The molecule has 0 atom stereocenters. The molecule has 0 spiro atoms. The highest BCUT2D eigenvalue weighted by Gasteiger charge is 2.05. The number of hydrogen-bond acceptors (Lipinski definition) is 3. The molecule has 16 heavy (non-hydrogen) atoms.